The topological polar surface area (TPSA) is 81.0 Å². The van der Waals surface area contributed by atoms with Crippen molar-refractivity contribution in [1.82, 2.24) is 10.2 Å². The van der Waals surface area contributed by atoms with Gasteiger partial charge in [-0.05, 0) is 50.1 Å². The minimum atomic E-state index is -0.251. The predicted octanol–water partition coefficient (Wildman–Crippen LogP) is 3.31. The molecule has 7 heteroatoms. The molecule has 1 saturated heterocycles. The van der Waals surface area contributed by atoms with E-state index in [1.165, 1.54) is 0 Å². The van der Waals surface area contributed by atoms with Gasteiger partial charge >= 0.3 is 0 Å². The summed E-state index contributed by atoms with van der Waals surface area (Å²) in [6, 6.07) is 8.95. The van der Waals surface area contributed by atoms with Crippen molar-refractivity contribution in [2.45, 2.75) is 45.3 Å². The molecule has 2 amide bonds. The summed E-state index contributed by atoms with van der Waals surface area (Å²) in [6.07, 6.45) is 3.55. The molecule has 2 heterocycles. The Balaban J connectivity index is 1.40. The standard InChI is InChI=1S/C23H28N2O5/c1-15-3-6-19(29-15)14-24-22(26)20-13-18(28-2)7-8-21(20)30-17-9-11-25(12-10-17)23(27)16-4-5-16/h3,6-8,13,16-17H,4-5,9-12,14H2,1-2H3,(H,24,26). The highest BCUT2D eigenvalue weighted by Crippen LogP contribution is 2.33. The van der Waals surface area contributed by atoms with Gasteiger partial charge in [0.2, 0.25) is 5.91 Å². The summed E-state index contributed by atoms with van der Waals surface area (Å²) in [7, 11) is 1.57. The van der Waals surface area contributed by atoms with Gasteiger partial charge in [0, 0.05) is 31.8 Å². The second-order valence-corrected chi connectivity index (χ2v) is 7.97. The van der Waals surface area contributed by atoms with Gasteiger partial charge in [-0.3, -0.25) is 9.59 Å². The number of methoxy groups -OCH3 is 1. The summed E-state index contributed by atoms with van der Waals surface area (Å²) >= 11 is 0. The zero-order chi connectivity index (χ0) is 21.1. The molecule has 4 rings (SSSR count). The van der Waals surface area contributed by atoms with Crippen molar-refractivity contribution in [3.8, 4) is 11.5 Å². The van der Waals surface area contributed by atoms with Crippen molar-refractivity contribution in [3.63, 3.8) is 0 Å². The summed E-state index contributed by atoms with van der Waals surface area (Å²) in [5.41, 5.74) is 0.425. The number of hydrogen-bond donors (Lipinski definition) is 1. The van der Waals surface area contributed by atoms with E-state index in [-0.39, 0.29) is 23.8 Å². The van der Waals surface area contributed by atoms with Gasteiger partial charge in [-0.1, -0.05) is 0 Å². The average Bonchev–Trinajstić information content (AvgIpc) is 3.53. The molecule has 7 nitrogen and oxygen atoms in total. The highest BCUT2D eigenvalue weighted by molar-refractivity contribution is 5.97. The minimum absolute atomic E-state index is 0.0269. The highest BCUT2D eigenvalue weighted by Gasteiger charge is 2.35. The largest absolute Gasteiger partial charge is 0.497 e. The maximum atomic E-state index is 12.8. The summed E-state index contributed by atoms with van der Waals surface area (Å²) < 4.78 is 17.0. The molecule has 2 aromatic rings. The summed E-state index contributed by atoms with van der Waals surface area (Å²) in [6.45, 7) is 3.57. The molecular formula is C23H28N2O5. The zero-order valence-corrected chi connectivity index (χ0v) is 17.5. The zero-order valence-electron chi connectivity index (χ0n) is 17.5. The van der Waals surface area contributed by atoms with Crippen LogP contribution in [0.4, 0.5) is 0 Å². The first-order valence-electron chi connectivity index (χ1n) is 10.5. The highest BCUT2D eigenvalue weighted by atomic mass is 16.5. The molecule has 0 bridgehead atoms. The number of piperidine rings is 1. The quantitative estimate of drug-likeness (QED) is 0.755. The van der Waals surface area contributed by atoms with Crippen molar-refractivity contribution < 1.29 is 23.5 Å². The molecule has 2 aliphatic rings. The van der Waals surface area contributed by atoms with Gasteiger partial charge in [-0.25, -0.2) is 0 Å². The smallest absolute Gasteiger partial charge is 0.255 e. The van der Waals surface area contributed by atoms with Crippen LogP contribution in [0.1, 0.15) is 47.6 Å². The van der Waals surface area contributed by atoms with Crippen molar-refractivity contribution in [3.05, 3.63) is 47.4 Å². The second kappa shape index (κ2) is 8.81. The van der Waals surface area contributed by atoms with E-state index < -0.39 is 0 Å². The Morgan fingerprint density at radius 3 is 2.53 bits per heavy atom. The number of carbonyl (C=O) groups excluding carboxylic acids is 2. The summed E-state index contributed by atoms with van der Waals surface area (Å²) in [5.74, 6) is 2.89. The first-order valence-corrected chi connectivity index (χ1v) is 10.5. The first kappa shape index (κ1) is 20.3. The lowest BCUT2D eigenvalue weighted by Crippen LogP contribution is -2.42. The fraction of sp³-hybridized carbons (Fsp3) is 0.478. The van der Waals surface area contributed by atoms with Crippen LogP contribution in [0, 0.1) is 12.8 Å². The first-order chi connectivity index (χ1) is 14.5. The fourth-order valence-corrected chi connectivity index (χ4v) is 3.72. The molecule has 0 atom stereocenters. The lowest BCUT2D eigenvalue weighted by Gasteiger charge is -2.32. The molecule has 1 aromatic carbocycles. The number of aryl methyl sites for hydroxylation is 1. The molecule has 160 valence electrons. The molecule has 1 aromatic heterocycles. The molecule has 0 radical (unpaired) electrons. The van der Waals surface area contributed by atoms with Gasteiger partial charge < -0.3 is 24.1 Å². The molecule has 1 aliphatic heterocycles. The second-order valence-electron chi connectivity index (χ2n) is 7.97. The van der Waals surface area contributed by atoms with Gasteiger partial charge in [0.05, 0.1) is 19.2 Å². The number of hydrogen-bond acceptors (Lipinski definition) is 5. The number of carbonyl (C=O) groups is 2. The van der Waals surface area contributed by atoms with E-state index in [1.54, 1.807) is 25.3 Å². The van der Waals surface area contributed by atoms with Crippen LogP contribution in [0.5, 0.6) is 11.5 Å². The van der Waals surface area contributed by atoms with Gasteiger partial charge in [-0.2, -0.15) is 0 Å². The van der Waals surface area contributed by atoms with Crippen molar-refractivity contribution in [1.29, 1.82) is 0 Å². The van der Waals surface area contributed by atoms with Crippen LogP contribution in [0.3, 0.4) is 0 Å². The molecule has 1 N–H and O–H groups in total. The Labute approximate surface area is 176 Å². The van der Waals surface area contributed by atoms with Crippen molar-refractivity contribution in [2.75, 3.05) is 20.2 Å². The molecule has 2 fully saturated rings. The minimum Gasteiger partial charge on any atom is -0.497 e. The number of likely N-dealkylation sites (tertiary alicyclic amines) is 1. The Bertz CT molecular complexity index is 910. The Hall–Kier alpha value is -2.96. The van der Waals surface area contributed by atoms with Gasteiger partial charge in [0.1, 0.15) is 29.1 Å². The fourth-order valence-electron chi connectivity index (χ4n) is 3.72. The van der Waals surface area contributed by atoms with Crippen LogP contribution in [-0.4, -0.2) is 43.0 Å². The van der Waals surface area contributed by atoms with E-state index in [0.29, 0.717) is 42.5 Å². The van der Waals surface area contributed by atoms with Crippen LogP contribution in [0.2, 0.25) is 0 Å². The third kappa shape index (κ3) is 4.78. The predicted molar refractivity (Wildman–Crippen MR) is 111 cm³/mol. The third-order valence-electron chi connectivity index (χ3n) is 5.62. The van der Waals surface area contributed by atoms with Crippen molar-refractivity contribution >= 4 is 11.8 Å². The molecule has 30 heavy (non-hydrogen) atoms. The van der Waals surface area contributed by atoms with Crippen LogP contribution in [0.15, 0.2) is 34.7 Å². The maximum Gasteiger partial charge on any atom is 0.255 e. The third-order valence-corrected chi connectivity index (χ3v) is 5.62. The molecule has 0 spiro atoms. The molecule has 1 aliphatic carbocycles. The number of furan rings is 1. The van der Waals surface area contributed by atoms with E-state index in [2.05, 4.69) is 5.32 Å². The van der Waals surface area contributed by atoms with E-state index in [9.17, 15) is 9.59 Å². The SMILES string of the molecule is COc1ccc(OC2CCN(C(=O)C3CC3)CC2)c(C(=O)NCc2ccc(C)o2)c1. The van der Waals surface area contributed by atoms with Crippen LogP contribution in [-0.2, 0) is 11.3 Å². The molecule has 1 saturated carbocycles. The van der Waals surface area contributed by atoms with Crippen molar-refractivity contribution in [2.24, 2.45) is 5.92 Å². The van der Waals surface area contributed by atoms with Crippen LogP contribution in [0.25, 0.3) is 0 Å². The normalized spacial score (nSPS) is 16.9. The summed E-state index contributed by atoms with van der Waals surface area (Å²) in [5, 5.41) is 2.88. The van der Waals surface area contributed by atoms with Gasteiger partial charge in [0.25, 0.3) is 5.91 Å². The molecule has 0 unspecified atom stereocenters. The number of amides is 2. The Morgan fingerprint density at radius 2 is 1.90 bits per heavy atom. The Morgan fingerprint density at radius 1 is 1.13 bits per heavy atom. The van der Waals surface area contributed by atoms with E-state index in [1.807, 2.05) is 24.0 Å². The number of benzene rings is 1. The number of rotatable bonds is 7. The van der Waals surface area contributed by atoms with Gasteiger partial charge in [-0.15, -0.1) is 0 Å². The van der Waals surface area contributed by atoms with Crippen LogP contribution >= 0.6 is 0 Å². The van der Waals surface area contributed by atoms with E-state index >= 15 is 0 Å². The lowest BCUT2D eigenvalue weighted by atomic mass is 10.1. The monoisotopic (exact) mass is 412 g/mol. The average molecular weight is 412 g/mol. The van der Waals surface area contributed by atoms with Crippen LogP contribution < -0.4 is 14.8 Å². The number of nitrogens with zero attached hydrogens (tertiary/aromatic N) is 1. The number of ether oxygens (including phenoxy) is 2. The Kier molecular flexibility index (Phi) is 5.97. The number of nitrogens with one attached hydrogen (secondary N) is 1. The van der Waals surface area contributed by atoms with E-state index in [0.717, 1.165) is 31.4 Å². The lowest BCUT2D eigenvalue weighted by molar-refractivity contribution is -0.134. The summed E-state index contributed by atoms with van der Waals surface area (Å²) in [4.78, 5) is 27.0. The molecular weight excluding hydrogens is 384 g/mol. The maximum absolute atomic E-state index is 12.8. The van der Waals surface area contributed by atoms with Gasteiger partial charge in [0.15, 0.2) is 0 Å². The van der Waals surface area contributed by atoms with E-state index in [4.69, 9.17) is 13.9 Å².